The summed E-state index contributed by atoms with van der Waals surface area (Å²) in [6.45, 7) is 1.12. The van der Waals surface area contributed by atoms with Gasteiger partial charge in [-0.2, -0.15) is 5.10 Å². The topological polar surface area (TPSA) is 64.0 Å². The van der Waals surface area contributed by atoms with E-state index in [1.807, 2.05) is 0 Å². The van der Waals surface area contributed by atoms with Crippen LogP contribution in [0.25, 0.3) is 10.9 Å². The van der Waals surface area contributed by atoms with Crippen molar-refractivity contribution in [3.05, 3.63) is 22.7 Å². The van der Waals surface area contributed by atoms with E-state index in [0.717, 1.165) is 4.68 Å². The molecular formula is C13H14ClF2N3O2S. The number of hydrogen-bond donors (Lipinski definition) is 1. The molecule has 3 rings (SSSR count). The van der Waals surface area contributed by atoms with Crippen LogP contribution in [0.4, 0.5) is 14.6 Å². The summed E-state index contributed by atoms with van der Waals surface area (Å²) in [5.74, 6) is 0.0104. The molecule has 1 aliphatic carbocycles. The number of nitrogens with zero attached hydrogens (tertiary/aromatic N) is 2. The number of halogens is 3. The molecule has 0 unspecified atom stereocenters. The van der Waals surface area contributed by atoms with E-state index in [9.17, 15) is 17.2 Å². The van der Waals surface area contributed by atoms with E-state index < -0.39 is 28.2 Å². The first-order chi connectivity index (χ1) is 10.3. The average molecular weight is 350 g/mol. The monoisotopic (exact) mass is 349 g/mol. The van der Waals surface area contributed by atoms with Gasteiger partial charge in [0.15, 0.2) is 5.82 Å². The SMILES string of the molecule is Cc1ccc(Cl)c2c(NS(=O)(=O)C3CC3)nn(CC(F)F)c12. The van der Waals surface area contributed by atoms with Gasteiger partial charge in [-0.3, -0.25) is 9.40 Å². The van der Waals surface area contributed by atoms with E-state index in [1.165, 1.54) is 0 Å². The molecular weight excluding hydrogens is 336 g/mol. The Morgan fingerprint density at radius 3 is 2.73 bits per heavy atom. The molecule has 0 aliphatic heterocycles. The van der Waals surface area contributed by atoms with Crippen molar-refractivity contribution in [3.8, 4) is 0 Å². The van der Waals surface area contributed by atoms with Gasteiger partial charge in [0.05, 0.1) is 21.2 Å². The number of nitrogens with one attached hydrogen (secondary N) is 1. The Balaban J connectivity index is 2.15. The first-order valence-corrected chi connectivity index (χ1v) is 8.67. The number of fused-ring (bicyclic) bond motifs is 1. The Hall–Kier alpha value is -1.41. The molecule has 0 amide bonds. The smallest absolute Gasteiger partial charge is 0.257 e. The van der Waals surface area contributed by atoms with Crippen LogP contribution in [0.5, 0.6) is 0 Å². The van der Waals surface area contributed by atoms with Gasteiger partial charge >= 0.3 is 0 Å². The minimum absolute atomic E-state index is 0.0104. The summed E-state index contributed by atoms with van der Waals surface area (Å²) in [5.41, 5.74) is 1.12. The predicted octanol–water partition coefficient (Wildman–Crippen LogP) is 3.17. The summed E-state index contributed by atoms with van der Waals surface area (Å²) < 4.78 is 53.1. The zero-order valence-electron chi connectivity index (χ0n) is 11.7. The van der Waals surface area contributed by atoms with Gasteiger partial charge in [-0.05, 0) is 31.4 Å². The lowest BCUT2D eigenvalue weighted by molar-refractivity contribution is 0.123. The number of sulfonamides is 1. The van der Waals surface area contributed by atoms with Crippen molar-refractivity contribution in [2.75, 3.05) is 4.72 Å². The van der Waals surface area contributed by atoms with E-state index in [0.29, 0.717) is 29.3 Å². The van der Waals surface area contributed by atoms with Gasteiger partial charge in [0.25, 0.3) is 6.43 Å². The lowest BCUT2D eigenvalue weighted by atomic mass is 10.1. The van der Waals surface area contributed by atoms with E-state index in [4.69, 9.17) is 11.6 Å². The van der Waals surface area contributed by atoms with Crippen LogP contribution in [0.3, 0.4) is 0 Å². The van der Waals surface area contributed by atoms with Crippen LogP contribution in [-0.4, -0.2) is 29.9 Å². The quantitative estimate of drug-likeness (QED) is 0.901. The Bertz CT molecular complexity index is 831. The Kier molecular flexibility index (Phi) is 3.76. The number of rotatable bonds is 5. The maximum Gasteiger partial charge on any atom is 0.257 e. The van der Waals surface area contributed by atoms with Crippen LogP contribution in [-0.2, 0) is 16.6 Å². The first-order valence-electron chi connectivity index (χ1n) is 6.75. The van der Waals surface area contributed by atoms with Gasteiger partial charge in [0, 0.05) is 0 Å². The maximum absolute atomic E-state index is 12.7. The van der Waals surface area contributed by atoms with Gasteiger partial charge in [0.1, 0.15) is 6.54 Å². The fourth-order valence-electron chi connectivity index (χ4n) is 2.38. The van der Waals surface area contributed by atoms with Crippen LogP contribution in [0.15, 0.2) is 12.1 Å². The zero-order chi connectivity index (χ0) is 16.1. The van der Waals surface area contributed by atoms with Crippen molar-refractivity contribution in [2.45, 2.75) is 38.0 Å². The highest BCUT2D eigenvalue weighted by Crippen LogP contribution is 2.36. The number of anilines is 1. The Morgan fingerprint density at radius 1 is 1.45 bits per heavy atom. The van der Waals surface area contributed by atoms with E-state index in [-0.39, 0.29) is 10.8 Å². The average Bonchev–Trinajstić information content (AvgIpc) is 3.19. The second-order valence-electron chi connectivity index (χ2n) is 5.36. The molecule has 0 spiro atoms. The molecule has 2 aromatic rings. The molecule has 0 bridgehead atoms. The Morgan fingerprint density at radius 2 is 2.14 bits per heavy atom. The standard InChI is InChI=1S/C13H14ClF2N3O2S/c1-7-2-5-9(14)11-12(7)19(6-10(15)16)17-13(11)18-22(20,21)8-3-4-8/h2,5,8,10H,3-4,6H2,1H3,(H,17,18). The first kappa shape index (κ1) is 15.5. The number of aromatic nitrogens is 2. The second kappa shape index (κ2) is 5.34. The maximum atomic E-state index is 12.7. The number of hydrogen-bond acceptors (Lipinski definition) is 3. The molecule has 0 radical (unpaired) electrons. The normalized spacial score (nSPS) is 15.7. The van der Waals surface area contributed by atoms with Crippen LogP contribution in [0.1, 0.15) is 18.4 Å². The van der Waals surface area contributed by atoms with E-state index in [1.54, 1.807) is 19.1 Å². The van der Waals surface area contributed by atoms with Crippen molar-refractivity contribution in [3.63, 3.8) is 0 Å². The highest BCUT2D eigenvalue weighted by atomic mass is 35.5. The van der Waals surface area contributed by atoms with Gasteiger partial charge in [-0.15, -0.1) is 0 Å². The highest BCUT2D eigenvalue weighted by Gasteiger charge is 2.36. The van der Waals surface area contributed by atoms with Crippen LogP contribution < -0.4 is 4.72 Å². The minimum atomic E-state index is -3.55. The van der Waals surface area contributed by atoms with Crippen molar-refractivity contribution in [1.82, 2.24) is 9.78 Å². The predicted molar refractivity (Wildman–Crippen MR) is 81.0 cm³/mol. The summed E-state index contributed by atoms with van der Waals surface area (Å²) >= 11 is 6.13. The molecule has 0 atom stereocenters. The van der Waals surface area contributed by atoms with E-state index >= 15 is 0 Å². The summed E-state index contributed by atoms with van der Waals surface area (Å²) in [6.07, 6.45) is -1.41. The molecule has 9 heteroatoms. The van der Waals surface area contributed by atoms with Crippen LogP contribution in [0.2, 0.25) is 5.02 Å². The molecule has 1 fully saturated rings. The minimum Gasteiger partial charge on any atom is -0.265 e. The molecule has 1 aromatic carbocycles. The van der Waals surface area contributed by atoms with Crippen LogP contribution >= 0.6 is 11.6 Å². The van der Waals surface area contributed by atoms with Crippen molar-refractivity contribution >= 4 is 38.3 Å². The molecule has 1 heterocycles. The fraction of sp³-hybridized carbons (Fsp3) is 0.462. The lowest BCUT2D eigenvalue weighted by Gasteiger charge is -2.05. The molecule has 5 nitrogen and oxygen atoms in total. The molecule has 0 saturated heterocycles. The Labute approximate surface area is 131 Å². The van der Waals surface area contributed by atoms with Gasteiger partial charge in [0.2, 0.25) is 10.0 Å². The molecule has 1 N–H and O–H groups in total. The second-order valence-corrected chi connectivity index (χ2v) is 7.72. The fourth-order valence-corrected chi connectivity index (χ4v) is 3.96. The largest absolute Gasteiger partial charge is 0.265 e. The third-order valence-electron chi connectivity index (χ3n) is 3.56. The van der Waals surface area contributed by atoms with Crippen LogP contribution in [0, 0.1) is 6.92 Å². The molecule has 120 valence electrons. The summed E-state index contributed by atoms with van der Waals surface area (Å²) in [7, 11) is -3.55. The highest BCUT2D eigenvalue weighted by molar-refractivity contribution is 7.93. The van der Waals surface area contributed by atoms with Gasteiger partial charge in [-0.25, -0.2) is 17.2 Å². The number of benzene rings is 1. The van der Waals surface area contributed by atoms with Gasteiger partial charge < -0.3 is 0 Å². The molecule has 1 saturated carbocycles. The number of aryl methyl sites for hydroxylation is 1. The van der Waals surface area contributed by atoms with Crippen molar-refractivity contribution in [1.29, 1.82) is 0 Å². The summed E-state index contributed by atoms with van der Waals surface area (Å²) in [4.78, 5) is 0. The lowest BCUT2D eigenvalue weighted by Crippen LogP contribution is -2.18. The van der Waals surface area contributed by atoms with Crippen molar-refractivity contribution < 1.29 is 17.2 Å². The van der Waals surface area contributed by atoms with Gasteiger partial charge in [-0.1, -0.05) is 17.7 Å². The third kappa shape index (κ3) is 2.77. The van der Waals surface area contributed by atoms with E-state index in [2.05, 4.69) is 9.82 Å². The summed E-state index contributed by atoms with van der Waals surface area (Å²) in [6, 6.07) is 3.29. The molecule has 1 aliphatic rings. The molecule has 1 aromatic heterocycles. The zero-order valence-corrected chi connectivity index (χ0v) is 13.3. The summed E-state index contributed by atoms with van der Waals surface area (Å²) in [5, 5.41) is 4.20. The third-order valence-corrected chi connectivity index (χ3v) is 5.70. The number of alkyl halides is 2. The van der Waals surface area contributed by atoms with Crippen molar-refractivity contribution in [2.24, 2.45) is 0 Å². The molecule has 22 heavy (non-hydrogen) atoms.